The summed E-state index contributed by atoms with van der Waals surface area (Å²) in [6.45, 7) is 4.67. The fourth-order valence-electron chi connectivity index (χ4n) is 3.74. The number of carboxylic acid groups (broad SMARTS) is 2. The lowest BCUT2D eigenvalue weighted by atomic mass is 10.0. The predicted octanol–water partition coefficient (Wildman–Crippen LogP) is 3.11. The van der Waals surface area contributed by atoms with Crippen LogP contribution in [0.1, 0.15) is 28.0 Å². The van der Waals surface area contributed by atoms with Gasteiger partial charge < -0.3 is 24.3 Å². The van der Waals surface area contributed by atoms with Gasteiger partial charge in [-0.2, -0.15) is 13.2 Å². The van der Waals surface area contributed by atoms with Gasteiger partial charge in [0.15, 0.2) is 0 Å². The van der Waals surface area contributed by atoms with Gasteiger partial charge in [-0.3, -0.25) is 4.98 Å². The lowest BCUT2D eigenvalue weighted by Crippen LogP contribution is -2.32. The molecule has 1 fully saturated rings. The summed E-state index contributed by atoms with van der Waals surface area (Å²) in [6, 6.07) is 3.56. The molecular formula is C21H23F3N2O6. The van der Waals surface area contributed by atoms with Crippen molar-refractivity contribution in [2.45, 2.75) is 25.4 Å². The lowest BCUT2D eigenvalue weighted by molar-refractivity contribution is -0.192. The first kappa shape index (κ1) is 23.7. The second-order valence-electron chi connectivity index (χ2n) is 7.64. The van der Waals surface area contributed by atoms with E-state index in [-0.39, 0.29) is 5.56 Å². The number of hydrogen-bond donors (Lipinski definition) is 2. The van der Waals surface area contributed by atoms with Crippen molar-refractivity contribution >= 4 is 11.9 Å². The predicted molar refractivity (Wildman–Crippen MR) is 105 cm³/mol. The molecule has 4 heterocycles. The number of rotatable bonds is 4. The average Bonchev–Trinajstić information content (AvgIpc) is 3.40. The number of alkyl halides is 3. The van der Waals surface area contributed by atoms with Gasteiger partial charge in [-0.15, -0.1) is 0 Å². The molecule has 0 radical (unpaired) electrons. The van der Waals surface area contributed by atoms with E-state index in [1.54, 1.807) is 24.7 Å². The van der Waals surface area contributed by atoms with E-state index in [1.165, 1.54) is 0 Å². The van der Waals surface area contributed by atoms with E-state index < -0.39 is 18.1 Å². The molecule has 8 nitrogen and oxygen atoms in total. The van der Waals surface area contributed by atoms with Crippen LogP contribution >= 0.6 is 0 Å². The number of nitrogens with zero attached hydrogens (tertiary/aromatic N) is 2. The van der Waals surface area contributed by atoms with Gasteiger partial charge in [0.2, 0.25) is 0 Å². The number of ether oxygens (including phenoxy) is 1. The monoisotopic (exact) mass is 456 g/mol. The maximum absolute atomic E-state index is 11.7. The topological polar surface area (TPSA) is 113 Å². The van der Waals surface area contributed by atoms with Crippen LogP contribution in [-0.4, -0.2) is 71.1 Å². The van der Waals surface area contributed by atoms with Crippen LogP contribution in [0.2, 0.25) is 0 Å². The average molecular weight is 456 g/mol. The molecule has 2 aromatic heterocycles. The van der Waals surface area contributed by atoms with Crippen molar-refractivity contribution in [1.82, 2.24) is 9.88 Å². The highest BCUT2D eigenvalue weighted by Crippen LogP contribution is 2.27. The minimum absolute atomic E-state index is 0.248. The highest BCUT2D eigenvalue weighted by Gasteiger charge is 2.38. The number of halogens is 3. The zero-order valence-electron chi connectivity index (χ0n) is 17.1. The van der Waals surface area contributed by atoms with Crippen molar-refractivity contribution < 1.29 is 42.1 Å². The van der Waals surface area contributed by atoms with E-state index in [0.29, 0.717) is 17.2 Å². The molecule has 2 aromatic rings. The fourth-order valence-corrected chi connectivity index (χ4v) is 3.74. The van der Waals surface area contributed by atoms with Crippen molar-refractivity contribution in [3.63, 3.8) is 0 Å². The second kappa shape index (κ2) is 10.1. The number of fused-ring (bicyclic) bond motifs is 1. The number of furan rings is 1. The van der Waals surface area contributed by atoms with Gasteiger partial charge in [-0.25, -0.2) is 9.59 Å². The van der Waals surface area contributed by atoms with Gasteiger partial charge in [0.25, 0.3) is 0 Å². The Bertz CT molecular complexity index is 940. The Balaban J connectivity index is 0.000000360. The Morgan fingerprint density at radius 3 is 2.50 bits per heavy atom. The van der Waals surface area contributed by atoms with E-state index in [9.17, 15) is 23.1 Å². The third kappa shape index (κ3) is 6.07. The van der Waals surface area contributed by atoms with Gasteiger partial charge in [0, 0.05) is 43.9 Å². The Morgan fingerprint density at radius 1 is 1.22 bits per heavy atom. The molecule has 1 unspecified atom stereocenters. The number of hydrogen-bond acceptors (Lipinski definition) is 6. The molecule has 1 saturated heterocycles. The highest BCUT2D eigenvalue weighted by molar-refractivity contribution is 5.95. The Labute approximate surface area is 181 Å². The molecule has 2 aliphatic heterocycles. The van der Waals surface area contributed by atoms with Crippen molar-refractivity contribution in [2.75, 3.05) is 32.8 Å². The van der Waals surface area contributed by atoms with E-state index >= 15 is 0 Å². The van der Waals surface area contributed by atoms with Crippen molar-refractivity contribution in [3.05, 3.63) is 41.5 Å². The molecule has 32 heavy (non-hydrogen) atoms. The summed E-state index contributed by atoms with van der Waals surface area (Å²) in [5, 5.41) is 16.7. The molecule has 0 aliphatic carbocycles. The van der Waals surface area contributed by atoms with Gasteiger partial charge in [0.1, 0.15) is 0 Å². The first-order valence-electron chi connectivity index (χ1n) is 10.0. The molecule has 0 saturated carbocycles. The molecule has 2 N–H and O–H groups in total. The quantitative estimate of drug-likeness (QED) is 0.722. The zero-order valence-corrected chi connectivity index (χ0v) is 17.1. The molecular weight excluding hydrogens is 433 g/mol. The van der Waals surface area contributed by atoms with Crippen LogP contribution in [0.5, 0.6) is 0 Å². The number of pyridine rings is 1. The second-order valence-corrected chi connectivity index (χ2v) is 7.64. The van der Waals surface area contributed by atoms with Gasteiger partial charge in [-0.05, 0) is 36.5 Å². The first-order chi connectivity index (χ1) is 15.1. The van der Waals surface area contributed by atoms with Crippen molar-refractivity contribution in [1.29, 1.82) is 0 Å². The Morgan fingerprint density at radius 2 is 1.94 bits per heavy atom. The molecule has 11 heteroatoms. The minimum Gasteiger partial charge on any atom is -0.478 e. The van der Waals surface area contributed by atoms with Gasteiger partial charge >= 0.3 is 18.1 Å². The summed E-state index contributed by atoms with van der Waals surface area (Å²) in [7, 11) is 0. The van der Waals surface area contributed by atoms with Crippen LogP contribution in [0.4, 0.5) is 13.2 Å². The van der Waals surface area contributed by atoms with Gasteiger partial charge in [-0.1, -0.05) is 0 Å². The van der Waals surface area contributed by atoms with Crippen LogP contribution in [-0.2, 0) is 22.4 Å². The number of carboxylic acids is 2. The Kier molecular flexibility index (Phi) is 7.52. The molecule has 174 valence electrons. The first-order valence-corrected chi connectivity index (χ1v) is 10.0. The summed E-state index contributed by atoms with van der Waals surface area (Å²) in [5.74, 6) is -3.09. The maximum atomic E-state index is 11.7. The highest BCUT2D eigenvalue weighted by atomic mass is 19.4. The molecule has 2 aliphatic rings. The van der Waals surface area contributed by atoms with E-state index in [2.05, 4.69) is 4.90 Å². The van der Waals surface area contributed by atoms with Gasteiger partial charge in [0.05, 0.1) is 30.4 Å². The van der Waals surface area contributed by atoms with E-state index in [0.717, 1.165) is 63.4 Å². The third-order valence-electron chi connectivity index (χ3n) is 5.36. The molecule has 0 amide bonds. The molecule has 1 atom stereocenters. The van der Waals surface area contributed by atoms with Crippen LogP contribution in [0.15, 0.2) is 29.1 Å². The number of aromatic nitrogens is 1. The standard InChI is InChI=1S/C19H22N2O4.C2HF3O2/c22-19(23)16-9-14-1-5-21(10-13-3-7-24-11-13)6-2-17(14)20-18(16)15-4-8-25-12-15;3-2(4,5)1(6)7/h4,8-9,12-13H,1-3,5-7,10-11H2,(H,22,23);(H,6,7). The number of aliphatic carboxylic acids is 1. The summed E-state index contributed by atoms with van der Waals surface area (Å²) in [6.07, 6.45) is 0.814. The minimum atomic E-state index is -5.08. The summed E-state index contributed by atoms with van der Waals surface area (Å²) in [4.78, 5) is 27.8. The molecule has 0 spiro atoms. The van der Waals surface area contributed by atoms with E-state index in [1.807, 2.05) is 0 Å². The molecule has 0 aromatic carbocycles. The smallest absolute Gasteiger partial charge is 0.478 e. The summed E-state index contributed by atoms with van der Waals surface area (Å²) < 4.78 is 42.3. The number of aromatic carboxylic acids is 1. The number of carbonyl (C=O) groups is 2. The van der Waals surface area contributed by atoms with E-state index in [4.69, 9.17) is 24.0 Å². The zero-order chi connectivity index (χ0) is 23.3. The fraction of sp³-hybridized carbons (Fsp3) is 0.476. The lowest BCUT2D eigenvalue weighted by Gasteiger charge is -2.22. The Hall–Kier alpha value is -2.92. The summed E-state index contributed by atoms with van der Waals surface area (Å²) in [5.41, 5.74) is 3.51. The van der Waals surface area contributed by atoms with Crippen LogP contribution in [0, 0.1) is 5.92 Å². The molecule has 0 bridgehead atoms. The SMILES string of the molecule is O=C(O)C(F)(F)F.O=C(O)c1cc2c(nc1-c1ccoc1)CCN(CC1CCOC1)CC2. The van der Waals surface area contributed by atoms with Crippen LogP contribution < -0.4 is 0 Å². The van der Waals surface area contributed by atoms with Crippen molar-refractivity contribution in [3.8, 4) is 11.3 Å². The van der Waals surface area contributed by atoms with Crippen molar-refractivity contribution in [2.24, 2.45) is 5.92 Å². The summed E-state index contributed by atoms with van der Waals surface area (Å²) >= 11 is 0. The third-order valence-corrected chi connectivity index (χ3v) is 5.36. The maximum Gasteiger partial charge on any atom is 0.490 e. The normalized spacial score (nSPS) is 18.9. The van der Waals surface area contributed by atoms with Crippen LogP contribution in [0.25, 0.3) is 11.3 Å². The largest absolute Gasteiger partial charge is 0.490 e. The molecule has 4 rings (SSSR count). The van der Waals surface area contributed by atoms with Crippen LogP contribution in [0.3, 0.4) is 0 Å².